The molecule has 1 unspecified atom stereocenters. The van der Waals surface area contributed by atoms with Gasteiger partial charge in [-0.15, -0.1) is 11.3 Å². The van der Waals surface area contributed by atoms with E-state index in [1.165, 1.54) is 11.3 Å². The number of aromatic nitrogens is 2. The molecule has 2 aromatic rings. The molecule has 0 bridgehead atoms. The normalized spacial score (nSPS) is 18.8. The number of carbonyl (C=O) groups is 1. The van der Waals surface area contributed by atoms with Crippen LogP contribution in [0, 0.1) is 6.92 Å². The number of nitrogens with zero attached hydrogens (tertiary/aromatic N) is 3. The Morgan fingerprint density at radius 1 is 1.48 bits per heavy atom. The number of aryl methyl sites for hydroxylation is 1. The SMILES string of the molecule is Cc1nc(-c2ccccn2)sc1C(=O)N1CCCC(O)C1. The zero-order valence-corrected chi connectivity index (χ0v) is 12.6. The van der Waals surface area contributed by atoms with Crippen molar-refractivity contribution >= 4 is 17.2 Å². The summed E-state index contributed by atoms with van der Waals surface area (Å²) in [5, 5.41) is 10.5. The summed E-state index contributed by atoms with van der Waals surface area (Å²) in [6.07, 6.45) is 2.92. The van der Waals surface area contributed by atoms with Crippen molar-refractivity contribution in [1.82, 2.24) is 14.9 Å². The highest BCUT2D eigenvalue weighted by Gasteiger charge is 2.26. The Morgan fingerprint density at radius 2 is 2.33 bits per heavy atom. The summed E-state index contributed by atoms with van der Waals surface area (Å²) >= 11 is 1.37. The van der Waals surface area contributed by atoms with Crippen LogP contribution >= 0.6 is 11.3 Å². The molecule has 3 rings (SSSR count). The predicted molar refractivity (Wildman–Crippen MR) is 81.2 cm³/mol. The van der Waals surface area contributed by atoms with Crippen LogP contribution in [0.1, 0.15) is 28.2 Å². The van der Waals surface area contributed by atoms with Gasteiger partial charge in [-0.1, -0.05) is 6.07 Å². The van der Waals surface area contributed by atoms with Crippen LogP contribution in [-0.4, -0.2) is 45.1 Å². The number of piperidine rings is 1. The first-order chi connectivity index (χ1) is 10.1. The van der Waals surface area contributed by atoms with Crippen molar-refractivity contribution < 1.29 is 9.90 Å². The molecule has 1 saturated heterocycles. The fraction of sp³-hybridized carbons (Fsp3) is 0.400. The molecule has 0 aromatic carbocycles. The lowest BCUT2D eigenvalue weighted by Crippen LogP contribution is -2.42. The zero-order valence-electron chi connectivity index (χ0n) is 11.8. The number of rotatable bonds is 2. The molecule has 6 heteroatoms. The van der Waals surface area contributed by atoms with Crippen molar-refractivity contribution in [1.29, 1.82) is 0 Å². The van der Waals surface area contributed by atoms with Crippen molar-refractivity contribution in [2.24, 2.45) is 0 Å². The summed E-state index contributed by atoms with van der Waals surface area (Å²) in [7, 11) is 0. The van der Waals surface area contributed by atoms with Gasteiger partial charge in [0.05, 0.1) is 17.5 Å². The third-order valence-corrected chi connectivity index (χ3v) is 4.73. The number of hydrogen-bond acceptors (Lipinski definition) is 5. The van der Waals surface area contributed by atoms with E-state index < -0.39 is 6.10 Å². The maximum Gasteiger partial charge on any atom is 0.265 e. The summed E-state index contributed by atoms with van der Waals surface area (Å²) in [6, 6.07) is 5.64. The van der Waals surface area contributed by atoms with Gasteiger partial charge in [0.2, 0.25) is 0 Å². The topological polar surface area (TPSA) is 66.3 Å². The molecular formula is C15H17N3O2S. The predicted octanol–water partition coefficient (Wildman–Crippen LogP) is 2.11. The van der Waals surface area contributed by atoms with Crippen molar-refractivity contribution in [2.45, 2.75) is 25.9 Å². The number of carbonyl (C=O) groups excluding carboxylic acids is 1. The highest BCUT2D eigenvalue weighted by molar-refractivity contribution is 7.17. The number of hydrogen-bond donors (Lipinski definition) is 1. The van der Waals surface area contributed by atoms with E-state index in [1.807, 2.05) is 25.1 Å². The quantitative estimate of drug-likeness (QED) is 0.923. The van der Waals surface area contributed by atoms with Gasteiger partial charge in [0.1, 0.15) is 9.88 Å². The molecule has 1 amide bonds. The summed E-state index contributed by atoms with van der Waals surface area (Å²) < 4.78 is 0. The Morgan fingerprint density at radius 3 is 3.05 bits per heavy atom. The highest BCUT2D eigenvalue weighted by Crippen LogP contribution is 2.28. The number of likely N-dealkylation sites (tertiary alicyclic amines) is 1. The first-order valence-corrected chi connectivity index (χ1v) is 7.83. The Kier molecular flexibility index (Phi) is 3.98. The van der Waals surface area contributed by atoms with Gasteiger partial charge in [-0.2, -0.15) is 0 Å². The molecule has 0 spiro atoms. The second-order valence-corrected chi connectivity index (χ2v) is 6.19. The molecule has 0 radical (unpaired) electrons. The van der Waals surface area contributed by atoms with Crippen LogP contribution in [0.25, 0.3) is 10.7 Å². The van der Waals surface area contributed by atoms with Gasteiger partial charge in [-0.3, -0.25) is 9.78 Å². The molecule has 2 aromatic heterocycles. The van der Waals surface area contributed by atoms with E-state index in [1.54, 1.807) is 11.1 Å². The third-order valence-electron chi connectivity index (χ3n) is 3.56. The van der Waals surface area contributed by atoms with Crippen molar-refractivity contribution in [3.63, 3.8) is 0 Å². The second-order valence-electron chi connectivity index (χ2n) is 5.20. The molecule has 3 heterocycles. The van der Waals surface area contributed by atoms with Crippen LogP contribution in [0.15, 0.2) is 24.4 Å². The highest BCUT2D eigenvalue weighted by atomic mass is 32.1. The summed E-state index contributed by atoms with van der Waals surface area (Å²) in [5.41, 5.74) is 1.51. The monoisotopic (exact) mass is 303 g/mol. The third kappa shape index (κ3) is 2.96. The molecule has 21 heavy (non-hydrogen) atoms. The first-order valence-electron chi connectivity index (χ1n) is 7.01. The van der Waals surface area contributed by atoms with Gasteiger partial charge >= 0.3 is 0 Å². The standard InChI is InChI=1S/C15H17N3O2S/c1-10-13(15(20)18-8-4-5-11(19)9-18)21-14(17-10)12-6-2-3-7-16-12/h2-3,6-7,11,19H,4-5,8-9H2,1H3. The zero-order chi connectivity index (χ0) is 14.8. The van der Waals surface area contributed by atoms with Gasteiger partial charge in [0.25, 0.3) is 5.91 Å². The van der Waals surface area contributed by atoms with Crippen LogP contribution in [0.2, 0.25) is 0 Å². The lowest BCUT2D eigenvalue weighted by Gasteiger charge is -2.29. The molecule has 5 nitrogen and oxygen atoms in total. The smallest absolute Gasteiger partial charge is 0.265 e. The largest absolute Gasteiger partial charge is 0.391 e. The molecule has 1 aliphatic heterocycles. The minimum atomic E-state index is -0.411. The van der Waals surface area contributed by atoms with Gasteiger partial charge in [-0.25, -0.2) is 4.98 Å². The van der Waals surface area contributed by atoms with Crippen LogP contribution < -0.4 is 0 Å². The fourth-order valence-corrected chi connectivity index (χ4v) is 3.49. The number of thiazole rings is 1. The van der Waals surface area contributed by atoms with E-state index in [-0.39, 0.29) is 5.91 Å². The average Bonchev–Trinajstić information content (AvgIpc) is 2.89. The van der Waals surface area contributed by atoms with E-state index in [0.29, 0.717) is 18.0 Å². The second kappa shape index (κ2) is 5.91. The minimum absolute atomic E-state index is 0.0362. The fourth-order valence-electron chi connectivity index (χ4n) is 2.48. The molecular weight excluding hydrogens is 286 g/mol. The van der Waals surface area contributed by atoms with E-state index in [9.17, 15) is 9.90 Å². The summed E-state index contributed by atoms with van der Waals surface area (Å²) in [6.45, 7) is 2.96. The maximum absolute atomic E-state index is 12.6. The van der Waals surface area contributed by atoms with Crippen LogP contribution in [0.4, 0.5) is 0 Å². The number of aliphatic hydroxyl groups is 1. The molecule has 1 N–H and O–H groups in total. The van der Waals surface area contributed by atoms with E-state index >= 15 is 0 Å². The number of amides is 1. The Labute approximate surface area is 127 Å². The molecule has 110 valence electrons. The average molecular weight is 303 g/mol. The molecule has 1 aliphatic rings. The first kappa shape index (κ1) is 14.2. The maximum atomic E-state index is 12.6. The molecule has 0 saturated carbocycles. The Balaban J connectivity index is 1.86. The van der Waals surface area contributed by atoms with Gasteiger partial charge in [0.15, 0.2) is 0 Å². The summed E-state index contributed by atoms with van der Waals surface area (Å²) in [4.78, 5) is 23.7. The lowest BCUT2D eigenvalue weighted by molar-refractivity contribution is 0.0477. The Bertz CT molecular complexity index is 642. The molecule has 1 fully saturated rings. The van der Waals surface area contributed by atoms with Gasteiger partial charge in [0, 0.05) is 19.3 Å². The van der Waals surface area contributed by atoms with Gasteiger partial charge < -0.3 is 10.0 Å². The van der Waals surface area contributed by atoms with Crippen molar-refractivity contribution in [2.75, 3.05) is 13.1 Å². The van der Waals surface area contributed by atoms with Gasteiger partial charge in [-0.05, 0) is 31.9 Å². The lowest BCUT2D eigenvalue weighted by atomic mass is 10.1. The van der Waals surface area contributed by atoms with Crippen molar-refractivity contribution in [3.05, 3.63) is 35.0 Å². The minimum Gasteiger partial charge on any atom is -0.391 e. The van der Waals surface area contributed by atoms with Crippen LogP contribution in [-0.2, 0) is 0 Å². The number of β-amino-alcohol motifs (C(OH)–C–C–N with tert-alkyl or cyclic N) is 1. The molecule has 0 aliphatic carbocycles. The number of pyridine rings is 1. The van der Waals surface area contributed by atoms with E-state index in [4.69, 9.17) is 0 Å². The van der Waals surface area contributed by atoms with E-state index in [2.05, 4.69) is 9.97 Å². The van der Waals surface area contributed by atoms with Crippen LogP contribution in [0.5, 0.6) is 0 Å². The number of aliphatic hydroxyl groups excluding tert-OH is 1. The van der Waals surface area contributed by atoms with Crippen molar-refractivity contribution in [3.8, 4) is 10.7 Å². The van der Waals surface area contributed by atoms with Crippen LogP contribution in [0.3, 0.4) is 0 Å². The molecule has 1 atom stereocenters. The Hall–Kier alpha value is -1.79. The van der Waals surface area contributed by atoms with E-state index in [0.717, 1.165) is 29.2 Å². The summed E-state index contributed by atoms with van der Waals surface area (Å²) in [5.74, 6) is -0.0362.